The van der Waals surface area contributed by atoms with Crippen LogP contribution in [0.4, 0.5) is 0 Å². The summed E-state index contributed by atoms with van der Waals surface area (Å²) >= 11 is 3.54. The lowest BCUT2D eigenvalue weighted by molar-refractivity contribution is 0.406. The van der Waals surface area contributed by atoms with Crippen molar-refractivity contribution in [1.82, 2.24) is 5.32 Å². The second-order valence-corrected chi connectivity index (χ2v) is 6.28. The second-order valence-electron chi connectivity index (χ2n) is 5.36. The highest BCUT2D eigenvalue weighted by Crippen LogP contribution is 2.29. The monoisotopic (exact) mass is 347 g/mol. The predicted octanol–water partition coefficient (Wildman–Crippen LogP) is 4.58. The SMILES string of the molecule is CNC(Cc1cc(Br)ccc1OC)c1cc(C)ccc1C. The molecule has 0 amide bonds. The van der Waals surface area contributed by atoms with Crippen molar-refractivity contribution in [3.8, 4) is 5.75 Å². The molecule has 0 saturated heterocycles. The van der Waals surface area contributed by atoms with Crippen molar-refractivity contribution in [1.29, 1.82) is 0 Å². The molecule has 1 N–H and O–H groups in total. The maximum Gasteiger partial charge on any atom is 0.122 e. The highest BCUT2D eigenvalue weighted by Gasteiger charge is 2.15. The average Bonchev–Trinajstić information content (AvgIpc) is 2.47. The van der Waals surface area contributed by atoms with Crippen molar-refractivity contribution in [2.24, 2.45) is 0 Å². The molecule has 2 aromatic carbocycles. The molecule has 0 bridgehead atoms. The van der Waals surface area contributed by atoms with Crippen LogP contribution in [0.5, 0.6) is 5.75 Å². The third-order valence-electron chi connectivity index (χ3n) is 3.83. The van der Waals surface area contributed by atoms with Gasteiger partial charge in [0.05, 0.1) is 7.11 Å². The van der Waals surface area contributed by atoms with E-state index < -0.39 is 0 Å². The highest BCUT2D eigenvalue weighted by atomic mass is 79.9. The summed E-state index contributed by atoms with van der Waals surface area (Å²) in [6.45, 7) is 4.30. The van der Waals surface area contributed by atoms with Gasteiger partial charge in [0.25, 0.3) is 0 Å². The zero-order chi connectivity index (χ0) is 15.4. The summed E-state index contributed by atoms with van der Waals surface area (Å²) in [4.78, 5) is 0. The molecule has 1 unspecified atom stereocenters. The van der Waals surface area contributed by atoms with E-state index in [4.69, 9.17) is 4.74 Å². The standard InChI is InChI=1S/C18H22BrNO/c1-12-5-6-13(2)16(9-12)17(20-3)11-14-10-15(19)7-8-18(14)21-4/h5-10,17,20H,11H2,1-4H3. The van der Waals surface area contributed by atoms with Gasteiger partial charge in [-0.3, -0.25) is 0 Å². The van der Waals surface area contributed by atoms with Crippen LogP contribution in [-0.2, 0) is 6.42 Å². The van der Waals surface area contributed by atoms with Crippen LogP contribution in [0, 0.1) is 13.8 Å². The maximum atomic E-state index is 5.49. The Hall–Kier alpha value is -1.32. The first-order valence-corrected chi connectivity index (χ1v) is 7.91. The number of ether oxygens (including phenoxy) is 1. The zero-order valence-electron chi connectivity index (χ0n) is 13.0. The molecule has 0 spiro atoms. The Labute approximate surface area is 135 Å². The molecule has 0 fully saturated rings. The van der Waals surface area contributed by atoms with Crippen molar-refractivity contribution in [2.45, 2.75) is 26.3 Å². The molecule has 0 aliphatic heterocycles. The molecule has 0 aliphatic rings. The Morgan fingerprint density at radius 3 is 2.57 bits per heavy atom. The van der Waals surface area contributed by atoms with Crippen LogP contribution in [-0.4, -0.2) is 14.2 Å². The molecule has 2 nitrogen and oxygen atoms in total. The van der Waals surface area contributed by atoms with Crippen molar-refractivity contribution in [3.63, 3.8) is 0 Å². The number of hydrogen-bond donors (Lipinski definition) is 1. The lowest BCUT2D eigenvalue weighted by Crippen LogP contribution is -2.20. The molecule has 0 radical (unpaired) electrons. The molecule has 112 valence electrons. The lowest BCUT2D eigenvalue weighted by atomic mass is 9.94. The van der Waals surface area contributed by atoms with Gasteiger partial charge in [0.15, 0.2) is 0 Å². The first kappa shape index (κ1) is 16.1. The molecule has 21 heavy (non-hydrogen) atoms. The Kier molecular flexibility index (Phi) is 5.43. The molecule has 0 saturated carbocycles. The van der Waals surface area contributed by atoms with E-state index in [1.54, 1.807) is 7.11 Å². The van der Waals surface area contributed by atoms with E-state index in [-0.39, 0.29) is 6.04 Å². The van der Waals surface area contributed by atoms with Gasteiger partial charge in [0.2, 0.25) is 0 Å². The number of methoxy groups -OCH3 is 1. The molecule has 1 atom stereocenters. The van der Waals surface area contributed by atoms with E-state index in [1.165, 1.54) is 22.3 Å². The fraction of sp³-hybridized carbons (Fsp3) is 0.333. The first-order valence-electron chi connectivity index (χ1n) is 7.12. The number of hydrogen-bond acceptors (Lipinski definition) is 2. The average molecular weight is 348 g/mol. The van der Waals surface area contributed by atoms with Crippen LogP contribution in [0.3, 0.4) is 0 Å². The van der Waals surface area contributed by atoms with E-state index >= 15 is 0 Å². The minimum Gasteiger partial charge on any atom is -0.496 e. The molecule has 0 aromatic heterocycles. The highest BCUT2D eigenvalue weighted by molar-refractivity contribution is 9.10. The molecule has 0 heterocycles. The predicted molar refractivity (Wildman–Crippen MR) is 92.1 cm³/mol. The van der Waals surface area contributed by atoms with Gasteiger partial charge >= 0.3 is 0 Å². The number of likely N-dealkylation sites (N-methyl/N-ethyl adjacent to an activating group) is 1. The molecule has 3 heteroatoms. The van der Waals surface area contributed by atoms with Gasteiger partial charge in [-0.25, -0.2) is 0 Å². The Balaban J connectivity index is 2.35. The largest absolute Gasteiger partial charge is 0.496 e. The third kappa shape index (κ3) is 3.86. The second kappa shape index (κ2) is 7.10. The summed E-state index contributed by atoms with van der Waals surface area (Å²) in [6, 6.07) is 13.0. The smallest absolute Gasteiger partial charge is 0.122 e. The Morgan fingerprint density at radius 2 is 1.90 bits per heavy atom. The summed E-state index contributed by atoms with van der Waals surface area (Å²) in [5, 5.41) is 3.43. The first-order chi connectivity index (χ1) is 10.0. The van der Waals surface area contributed by atoms with E-state index in [0.29, 0.717) is 0 Å². The Bertz CT molecular complexity index is 625. The van der Waals surface area contributed by atoms with Gasteiger partial charge in [-0.1, -0.05) is 39.7 Å². The van der Waals surface area contributed by atoms with Crippen molar-refractivity contribution in [3.05, 3.63) is 63.1 Å². The Morgan fingerprint density at radius 1 is 1.14 bits per heavy atom. The summed E-state index contributed by atoms with van der Waals surface area (Å²) in [6.07, 6.45) is 0.892. The van der Waals surface area contributed by atoms with Crippen LogP contribution < -0.4 is 10.1 Å². The molecule has 2 aromatic rings. The zero-order valence-corrected chi connectivity index (χ0v) is 14.6. The fourth-order valence-corrected chi connectivity index (χ4v) is 3.04. The van der Waals surface area contributed by atoms with Gasteiger partial charge < -0.3 is 10.1 Å². The van der Waals surface area contributed by atoms with Crippen LogP contribution in [0.15, 0.2) is 40.9 Å². The van der Waals surface area contributed by atoms with Gasteiger partial charge in [-0.15, -0.1) is 0 Å². The molecule has 2 rings (SSSR count). The van der Waals surface area contributed by atoms with Crippen LogP contribution >= 0.6 is 15.9 Å². The lowest BCUT2D eigenvalue weighted by Gasteiger charge is -2.21. The van der Waals surface area contributed by atoms with Crippen molar-refractivity contribution in [2.75, 3.05) is 14.2 Å². The quantitative estimate of drug-likeness (QED) is 0.854. The summed E-state index contributed by atoms with van der Waals surface area (Å²) < 4.78 is 6.56. The number of halogens is 1. The number of benzene rings is 2. The fourth-order valence-electron chi connectivity index (χ4n) is 2.63. The van der Waals surface area contributed by atoms with Crippen molar-refractivity contribution < 1.29 is 4.74 Å². The van der Waals surface area contributed by atoms with Gasteiger partial charge in [0, 0.05) is 10.5 Å². The van der Waals surface area contributed by atoms with Gasteiger partial charge in [-0.2, -0.15) is 0 Å². The van der Waals surface area contributed by atoms with Crippen LogP contribution in [0.2, 0.25) is 0 Å². The van der Waals surface area contributed by atoms with Gasteiger partial charge in [-0.05, 0) is 62.2 Å². The molecular weight excluding hydrogens is 326 g/mol. The normalized spacial score (nSPS) is 12.2. The minimum atomic E-state index is 0.271. The van der Waals surface area contributed by atoms with E-state index in [0.717, 1.165) is 16.6 Å². The number of rotatable bonds is 5. The van der Waals surface area contributed by atoms with E-state index in [9.17, 15) is 0 Å². The summed E-state index contributed by atoms with van der Waals surface area (Å²) in [5.41, 5.74) is 5.15. The van der Waals surface area contributed by atoms with E-state index in [1.807, 2.05) is 19.2 Å². The number of nitrogens with one attached hydrogen (secondary N) is 1. The maximum absolute atomic E-state index is 5.49. The van der Waals surface area contributed by atoms with Gasteiger partial charge in [0.1, 0.15) is 5.75 Å². The van der Waals surface area contributed by atoms with Crippen LogP contribution in [0.25, 0.3) is 0 Å². The molecule has 0 aliphatic carbocycles. The van der Waals surface area contributed by atoms with E-state index in [2.05, 4.69) is 59.4 Å². The number of aryl methyl sites for hydroxylation is 2. The molecular formula is C18H22BrNO. The summed E-state index contributed by atoms with van der Waals surface area (Å²) in [5.74, 6) is 0.934. The van der Waals surface area contributed by atoms with Crippen molar-refractivity contribution >= 4 is 15.9 Å². The third-order valence-corrected chi connectivity index (χ3v) is 4.32. The minimum absolute atomic E-state index is 0.271. The summed E-state index contributed by atoms with van der Waals surface area (Å²) in [7, 11) is 3.73. The van der Waals surface area contributed by atoms with Crippen LogP contribution in [0.1, 0.15) is 28.3 Å². The topological polar surface area (TPSA) is 21.3 Å².